The van der Waals surface area contributed by atoms with Crippen LogP contribution in [0.3, 0.4) is 0 Å². The number of hydrogen-bond acceptors (Lipinski definition) is 4. The average Bonchev–Trinajstić information content (AvgIpc) is 2.66. The monoisotopic (exact) mass is 372 g/mol. The third-order valence-electron chi connectivity index (χ3n) is 5.22. The standard InChI is InChI=1S/C20H25ClN4O/c1-16-5-7-25(8-6-16)20(26)17(14-22)15-23-9-11-24(12-10-23)19-4-2-3-18(21)13-19/h2-4,13,15-16H,5-12H2,1H3/b17-15-. The van der Waals surface area contributed by atoms with E-state index < -0.39 is 0 Å². The van der Waals surface area contributed by atoms with Gasteiger partial charge in [0.05, 0.1) is 0 Å². The van der Waals surface area contributed by atoms with Gasteiger partial charge in [0.1, 0.15) is 11.6 Å². The Kier molecular flexibility index (Phi) is 6.05. The van der Waals surface area contributed by atoms with E-state index in [2.05, 4.69) is 28.9 Å². The van der Waals surface area contributed by atoms with Crippen molar-refractivity contribution in [3.63, 3.8) is 0 Å². The highest BCUT2D eigenvalue weighted by molar-refractivity contribution is 6.30. The number of carbonyl (C=O) groups excluding carboxylic acids is 1. The topological polar surface area (TPSA) is 50.6 Å². The van der Waals surface area contributed by atoms with Crippen LogP contribution in [-0.2, 0) is 4.79 Å². The number of likely N-dealkylation sites (tertiary alicyclic amines) is 1. The lowest BCUT2D eigenvalue weighted by Crippen LogP contribution is -2.45. The van der Waals surface area contributed by atoms with Crippen LogP contribution in [-0.4, -0.2) is 55.0 Å². The number of halogens is 1. The molecule has 0 saturated carbocycles. The smallest absolute Gasteiger partial charge is 0.266 e. The number of piperazine rings is 1. The first kappa shape index (κ1) is 18.6. The lowest BCUT2D eigenvalue weighted by Gasteiger charge is -2.36. The van der Waals surface area contributed by atoms with Gasteiger partial charge < -0.3 is 14.7 Å². The van der Waals surface area contributed by atoms with Gasteiger partial charge in [-0.15, -0.1) is 0 Å². The fraction of sp³-hybridized carbons (Fsp3) is 0.500. The van der Waals surface area contributed by atoms with Gasteiger partial charge in [-0.25, -0.2) is 0 Å². The van der Waals surface area contributed by atoms with Crippen molar-refractivity contribution in [1.82, 2.24) is 9.80 Å². The molecule has 2 heterocycles. The number of piperidine rings is 1. The van der Waals surface area contributed by atoms with Crippen molar-refractivity contribution in [2.75, 3.05) is 44.2 Å². The highest BCUT2D eigenvalue weighted by Crippen LogP contribution is 2.21. The maximum absolute atomic E-state index is 12.6. The van der Waals surface area contributed by atoms with Crippen LogP contribution in [0.5, 0.6) is 0 Å². The molecule has 2 fully saturated rings. The number of carbonyl (C=O) groups is 1. The van der Waals surface area contributed by atoms with Crippen molar-refractivity contribution >= 4 is 23.2 Å². The number of nitrogens with zero attached hydrogens (tertiary/aromatic N) is 4. The summed E-state index contributed by atoms with van der Waals surface area (Å²) in [5.41, 5.74) is 1.36. The van der Waals surface area contributed by atoms with Gasteiger partial charge in [-0.05, 0) is 37.0 Å². The minimum absolute atomic E-state index is 0.128. The Balaban J connectivity index is 1.59. The summed E-state index contributed by atoms with van der Waals surface area (Å²) < 4.78 is 0. The maximum atomic E-state index is 12.6. The van der Waals surface area contributed by atoms with Gasteiger partial charge in [-0.3, -0.25) is 4.79 Å². The van der Waals surface area contributed by atoms with Crippen LogP contribution in [0.4, 0.5) is 5.69 Å². The van der Waals surface area contributed by atoms with Crippen molar-refractivity contribution in [3.8, 4) is 6.07 Å². The minimum atomic E-state index is -0.128. The molecule has 2 aliphatic heterocycles. The Morgan fingerprint density at radius 3 is 2.50 bits per heavy atom. The van der Waals surface area contributed by atoms with E-state index in [1.165, 1.54) is 0 Å². The Morgan fingerprint density at radius 1 is 1.19 bits per heavy atom. The van der Waals surface area contributed by atoms with Crippen LogP contribution in [0.2, 0.25) is 5.02 Å². The Hall–Kier alpha value is -2.19. The molecular formula is C20H25ClN4O. The van der Waals surface area contributed by atoms with Crippen molar-refractivity contribution in [1.29, 1.82) is 5.26 Å². The summed E-state index contributed by atoms with van der Waals surface area (Å²) in [7, 11) is 0. The van der Waals surface area contributed by atoms with Crippen LogP contribution in [0.1, 0.15) is 19.8 Å². The fourth-order valence-corrected chi connectivity index (χ4v) is 3.66. The third kappa shape index (κ3) is 4.50. The van der Waals surface area contributed by atoms with E-state index in [0.717, 1.165) is 62.8 Å². The zero-order chi connectivity index (χ0) is 18.5. The molecule has 0 aliphatic carbocycles. The summed E-state index contributed by atoms with van der Waals surface area (Å²) in [6, 6.07) is 9.95. The van der Waals surface area contributed by atoms with Gasteiger partial charge in [-0.2, -0.15) is 5.26 Å². The summed E-state index contributed by atoms with van der Waals surface area (Å²) >= 11 is 6.07. The maximum Gasteiger partial charge on any atom is 0.266 e. The normalized spacial score (nSPS) is 19.4. The van der Waals surface area contributed by atoms with Crippen molar-refractivity contribution in [2.24, 2.45) is 5.92 Å². The largest absolute Gasteiger partial charge is 0.373 e. The van der Waals surface area contributed by atoms with Crippen molar-refractivity contribution in [2.45, 2.75) is 19.8 Å². The van der Waals surface area contributed by atoms with Crippen LogP contribution in [0.25, 0.3) is 0 Å². The number of benzene rings is 1. The molecule has 138 valence electrons. The molecule has 0 bridgehead atoms. The lowest BCUT2D eigenvalue weighted by atomic mass is 9.99. The van der Waals surface area contributed by atoms with E-state index in [1.807, 2.05) is 23.1 Å². The van der Waals surface area contributed by atoms with Gasteiger partial charge in [-0.1, -0.05) is 24.6 Å². The molecule has 3 rings (SSSR count). The second-order valence-electron chi connectivity index (χ2n) is 7.13. The molecule has 0 unspecified atom stereocenters. The number of rotatable bonds is 3. The second-order valence-corrected chi connectivity index (χ2v) is 7.57. The predicted molar refractivity (Wildman–Crippen MR) is 104 cm³/mol. The SMILES string of the molecule is CC1CCN(C(=O)/C(C#N)=C\N2CCN(c3cccc(Cl)c3)CC2)CC1. The Morgan fingerprint density at radius 2 is 1.88 bits per heavy atom. The molecule has 0 radical (unpaired) electrons. The molecule has 2 aliphatic rings. The molecule has 1 aromatic carbocycles. The Labute approximate surface area is 160 Å². The first-order chi connectivity index (χ1) is 12.6. The molecule has 5 nitrogen and oxygen atoms in total. The molecule has 0 atom stereocenters. The van der Waals surface area contributed by atoms with E-state index in [4.69, 9.17) is 11.6 Å². The van der Waals surface area contributed by atoms with E-state index in [0.29, 0.717) is 5.92 Å². The second kappa shape index (κ2) is 8.46. The molecule has 26 heavy (non-hydrogen) atoms. The Bertz CT molecular complexity index is 711. The van der Waals surface area contributed by atoms with Gasteiger partial charge in [0.25, 0.3) is 5.91 Å². The summed E-state index contributed by atoms with van der Waals surface area (Å²) in [6.45, 7) is 6.95. The molecule has 0 N–H and O–H groups in total. The van der Waals surface area contributed by atoms with Crippen LogP contribution in [0.15, 0.2) is 36.0 Å². The van der Waals surface area contributed by atoms with Crippen LogP contribution >= 0.6 is 11.6 Å². The number of hydrogen-bond donors (Lipinski definition) is 0. The van der Waals surface area contributed by atoms with Gasteiger partial charge in [0.2, 0.25) is 0 Å². The summed E-state index contributed by atoms with van der Waals surface area (Å²) in [6.07, 6.45) is 3.78. The molecule has 1 aromatic rings. The molecule has 2 saturated heterocycles. The number of anilines is 1. The number of nitriles is 1. The quantitative estimate of drug-likeness (QED) is 0.604. The number of amides is 1. The zero-order valence-corrected chi connectivity index (χ0v) is 16.0. The van der Waals surface area contributed by atoms with E-state index >= 15 is 0 Å². The predicted octanol–water partition coefficient (Wildman–Crippen LogP) is 3.13. The molecule has 6 heteroatoms. The summed E-state index contributed by atoms with van der Waals surface area (Å²) in [4.78, 5) is 18.8. The minimum Gasteiger partial charge on any atom is -0.373 e. The van der Waals surface area contributed by atoms with Crippen LogP contribution in [0, 0.1) is 17.2 Å². The van der Waals surface area contributed by atoms with Gasteiger partial charge in [0.15, 0.2) is 0 Å². The van der Waals surface area contributed by atoms with E-state index in [1.54, 1.807) is 6.20 Å². The molecule has 0 aromatic heterocycles. The van der Waals surface area contributed by atoms with Crippen LogP contribution < -0.4 is 4.90 Å². The van der Waals surface area contributed by atoms with Gasteiger partial charge >= 0.3 is 0 Å². The zero-order valence-electron chi connectivity index (χ0n) is 15.2. The highest BCUT2D eigenvalue weighted by Gasteiger charge is 2.24. The first-order valence-electron chi connectivity index (χ1n) is 9.22. The van der Waals surface area contributed by atoms with Gasteiger partial charge in [0, 0.05) is 56.2 Å². The van der Waals surface area contributed by atoms with Crippen molar-refractivity contribution < 1.29 is 4.79 Å². The highest BCUT2D eigenvalue weighted by atomic mass is 35.5. The molecule has 1 amide bonds. The first-order valence-corrected chi connectivity index (χ1v) is 9.60. The molecular weight excluding hydrogens is 348 g/mol. The summed E-state index contributed by atoms with van der Waals surface area (Å²) in [5.74, 6) is 0.532. The van der Waals surface area contributed by atoms with Crippen molar-refractivity contribution in [3.05, 3.63) is 41.1 Å². The fourth-order valence-electron chi connectivity index (χ4n) is 3.48. The lowest BCUT2D eigenvalue weighted by molar-refractivity contribution is -0.128. The summed E-state index contributed by atoms with van der Waals surface area (Å²) in [5, 5.41) is 10.2. The van der Waals surface area contributed by atoms with E-state index in [-0.39, 0.29) is 11.5 Å². The van der Waals surface area contributed by atoms with E-state index in [9.17, 15) is 10.1 Å². The third-order valence-corrected chi connectivity index (χ3v) is 5.46. The average molecular weight is 373 g/mol. The molecule has 0 spiro atoms.